The molecule has 4 rings (SSSR count). The summed E-state index contributed by atoms with van der Waals surface area (Å²) >= 11 is 0. The predicted octanol–water partition coefficient (Wildman–Crippen LogP) is 2.66. The van der Waals surface area contributed by atoms with Gasteiger partial charge in [0.25, 0.3) is 11.6 Å². The maximum atomic E-state index is 12.6. The number of fused-ring (bicyclic) bond motifs is 2. The number of carbonyl (C=O) groups is 2. The summed E-state index contributed by atoms with van der Waals surface area (Å²) in [6.07, 6.45) is 2.24. The minimum absolute atomic E-state index is 0.107. The molecule has 0 fully saturated rings. The fraction of sp³-hybridized carbons (Fsp3) is 0.350. The first-order valence-electron chi connectivity index (χ1n) is 9.00. The van der Waals surface area contributed by atoms with Gasteiger partial charge in [0.15, 0.2) is 6.10 Å². The second-order valence-electron chi connectivity index (χ2n) is 6.93. The molecule has 0 saturated heterocycles. The van der Waals surface area contributed by atoms with Crippen molar-refractivity contribution >= 4 is 17.5 Å². The zero-order valence-corrected chi connectivity index (χ0v) is 15.5. The number of hydrogen-bond donors (Lipinski definition) is 0. The fourth-order valence-electron chi connectivity index (χ4n) is 3.48. The zero-order chi connectivity index (χ0) is 19.1. The molecule has 1 aliphatic rings. The highest BCUT2D eigenvalue weighted by Gasteiger charge is 2.24. The largest absolute Gasteiger partial charge is 0.448 e. The van der Waals surface area contributed by atoms with Crippen LogP contribution in [0.1, 0.15) is 56.8 Å². The molecule has 0 unspecified atom stereocenters. The summed E-state index contributed by atoms with van der Waals surface area (Å²) in [5, 5.41) is 4.14. The monoisotopic (exact) mass is 364 g/mol. The zero-order valence-electron chi connectivity index (χ0n) is 15.5. The summed E-state index contributed by atoms with van der Waals surface area (Å²) in [4.78, 5) is 33.4. The fourth-order valence-corrected chi connectivity index (χ4v) is 3.48. The third-order valence-corrected chi connectivity index (χ3v) is 4.84. The molecule has 138 valence electrons. The van der Waals surface area contributed by atoms with Gasteiger partial charge in [-0.3, -0.25) is 4.79 Å². The number of ether oxygens (including phenoxy) is 1. The van der Waals surface area contributed by atoms with Crippen LogP contribution in [0.4, 0.5) is 0 Å². The molecular weight excluding hydrogens is 344 g/mol. The van der Waals surface area contributed by atoms with E-state index in [9.17, 15) is 9.59 Å². The Morgan fingerprint density at radius 2 is 1.89 bits per heavy atom. The number of benzene rings is 1. The van der Waals surface area contributed by atoms with Crippen molar-refractivity contribution in [3.05, 3.63) is 58.2 Å². The molecule has 0 spiro atoms. The van der Waals surface area contributed by atoms with Crippen molar-refractivity contribution in [1.82, 2.24) is 19.6 Å². The Kier molecular flexibility index (Phi) is 4.22. The number of ketones is 1. The summed E-state index contributed by atoms with van der Waals surface area (Å²) in [5.41, 5.74) is 4.66. The molecule has 7 heteroatoms. The number of esters is 1. The molecule has 1 aliphatic carbocycles. The van der Waals surface area contributed by atoms with Gasteiger partial charge < -0.3 is 4.74 Å². The van der Waals surface area contributed by atoms with Crippen molar-refractivity contribution < 1.29 is 14.3 Å². The molecule has 0 bridgehead atoms. The van der Waals surface area contributed by atoms with E-state index in [2.05, 4.69) is 15.1 Å². The molecule has 2 heterocycles. The lowest BCUT2D eigenvalue weighted by Crippen LogP contribution is -2.25. The normalized spacial score (nSPS) is 14.2. The molecule has 7 nitrogen and oxygen atoms in total. The summed E-state index contributed by atoms with van der Waals surface area (Å²) in [7, 11) is 0. The lowest BCUT2D eigenvalue weighted by atomic mass is 10.0. The van der Waals surface area contributed by atoms with Gasteiger partial charge in [-0.05, 0) is 63.3 Å². The second kappa shape index (κ2) is 6.57. The first-order valence-corrected chi connectivity index (χ1v) is 9.00. The standard InChI is InChI=1S/C20H20N4O3/c1-11-9-12(2)24-20(21-11)22-18(23-24)19(26)27-13(3)17(25)16-8-7-14-5-4-6-15(14)10-16/h7-10,13H,4-6H2,1-3H3/t13-/m0/s1. The SMILES string of the molecule is Cc1cc(C)n2nc(C(=O)O[C@@H](C)C(=O)c3ccc4c(c3)CCC4)nc2n1. The molecule has 3 aromatic rings. The molecule has 0 saturated carbocycles. The van der Waals surface area contributed by atoms with Gasteiger partial charge in [0, 0.05) is 17.0 Å². The first-order chi connectivity index (χ1) is 12.9. The van der Waals surface area contributed by atoms with Crippen LogP contribution < -0.4 is 0 Å². The van der Waals surface area contributed by atoms with Crippen LogP contribution in [0.2, 0.25) is 0 Å². The molecule has 0 aliphatic heterocycles. The van der Waals surface area contributed by atoms with Crippen LogP contribution in [0.5, 0.6) is 0 Å². The van der Waals surface area contributed by atoms with Gasteiger partial charge in [0.2, 0.25) is 5.78 Å². The molecule has 1 atom stereocenters. The van der Waals surface area contributed by atoms with Crippen LogP contribution in [0.15, 0.2) is 24.3 Å². The molecule has 2 aromatic heterocycles. The van der Waals surface area contributed by atoms with Crippen molar-refractivity contribution in [3.63, 3.8) is 0 Å². The summed E-state index contributed by atoms with van der Waals surface area (Å²) in [5.74, 6) is -0.742. The van der Waals surface area contributed by atoms with E-state index in [1.54, 1.807) is 13.0 Å². The van der Waals surface area contributed by atoms with Crippen LogP contribution in [0.3, 0.4) is 0 Å². The average molecular weight is 364 g/mol. The summed E-state index contributed by atoms with van der Waals surface area (Å²) in [6, 6.07) is 7.55. The molecule has 0 radical (unpaired) electrons. The molecule has 27 heavy (non-hydrogen) atoms. The van der Waals surface area contributed by atoms with E-state index in [0.717, 1.165) is 30.7 Å². The quantitative estimate of drug-likeness (QED) is 0.522. The highest BCUT2D eigenvalue weighted by molar-refractivity contribution is 6.01. The van der Waals surface area contributed by atoms with Gasteiger partial charge in [-0.2, -0.15) is 4.98 Å². The van der Waals surface area contributed by atoms with E-state index in [0.29, 0.717) is 11.3 Å². The van der Waals surface area contributed by atoms with E-state index in [1.807, 2.05) is 32.0 Å². The Balaban J connectivity index is 1.52. The topological polar surface area (TPSA) is 86.5 Å². The maximum Gasteiger partial charge on any atom is 0.379 e. The Bertz CT molecular complexity index is 1070. The van der Waals surface area contributed by atoms with E-state index in [-0.39, 0.29) is 11.6 Å². The van der Waals surface area contributed by atoms with Gasteiger partial charge in [-0.1, -0.05) is 12.1 Å². The predicted molar refractivity (Wildman–Crippen MR) is 97.9 cm³/mol. The Morgan fingerprint density at radius 1 is 1.11 bits per heavy atom. The van der Waals surface area contributed by atoms with E-state index in [1.165, 1.54) is 15.6 Å². The Morgan fingerprint density at radius 3 is 2.70 bits per heavy atom. The van der Waals surface area contributed by atoms with Crippen molar-refractivity contribution in [1.29, 1.82) is 0 Å². The van der Waals surface area contributed by atoms with Crippen molar-refractivity contribution in [2.24, 2.45) is 0 Å². The van der Waals surface area contributed by atoms with Crippen LogP contribution in [0.25, 0.3) is 5.78 Å². The van der Waals surface area contributed by atoms with Crippen LogP contribution in [0, 0.1) is 13.8 Å². The van der Waals surface area contributed by atoms with Crippen LogP contribution in [-0.2, 0) is 17.6 Å². The lowest BCUT2D eigenvalue weighted by Gasteiger charge is -2.12. The number of carbonyl (C=O) groups excluding carboxylic acids is 2. The van der Waals surface area contributed by atoms with Crippen LogP contribution >= 0.6 is 0 Å². The Labute approximate surface area is 156 Å². The van der Waals surface area contributed by atoms with Gasteiger partial charge >= 0.3 is 5.97 Å². The van der Waals surface area contributed by atoms with Crippen molar-refractivity contribution in [2.75, 3.05) is 0 Å². The number of rotatable bonds is 4. The third kappa shape index (κ3) is 3.20. The average Bonchev–Trinajstić information content (AvgIpc) is 3.26. The highest BCUT2D eigenvalue weighted by atomic mass is 16.5. The summed E-state index contributed by atoms with van der Waals surface area (Å²) in [6.45, 7) is 5.26. The summed E-state index contributed by atoms with van der Waals surface area (Å²) < 4.78 is 6.80. The molecule has 0 N–H and O–H groups in total. The van der Waals surface area contributed by atoms with Crippen molar-refractivity contribution in [2.45, 2.75) is 46.1 Å². The van der Waals surface area contributed by atoms with Crippen LogP contribution in [-0.4, -0.2) is 37.4 Å². The Hall–Kier alpha value is -3.09. The number of hydrogen-bond acceptors (Lipinski definition) is 6. The second-order valence-corrected chi connectivity index (χ2v) is 6.93. The first kappa shape index (κ1) is 17.3. The molecular formula is C20H20N4O3. The number of aryl methyl sites for hydroxylation is 4. The minimum atomic E-state index is -0.917. The van der Waals surface area contributed by atoms with Gasteiger partial charge in [-0.15, -0.1) is 5.10 Å². The molecule has 1 aromatic carbocycles. The third-order valence-electron chi connectivity index (χ3n) is 4.84. The van der Waals surface area contributed by atoms with E-state index >= 15 is 0 Å². The number of aromatic nitrogens is 4. The highest BCUT2D eigenvalue weighted by Crippen LogP contribution is 2.23. The minimum Gasteiger partial charge on any atom is -0.448 e. The van der Waals surface area contributed by atoms with E-state index in [4.69, 9.17) is 4.74 Å². The van der Waals surface area contributed by atoms with Gasteiger partial charge in [0.05, 0.1) is 0 Å². The van der Waals surface area contributed by atoms with Gasteiger partial charge in [0.1, 0.15) is 0 Å². The van der Waals surface area contributed by atoms with Crippen molar-refractivity contribution in [3.8, 4) is 0 Å². The smallest absolute Gasteiger partial charge is 0.379 e. The molecule has 0 amide bonds. The lowest BCUT2D eigenvalue weighted by molar-refractivity contribution is 0.0307. The van der Waals surface area contributed by atoms with E-state index < -0.39 is 12.1 Å². The number of Topliss-reactive ketones (excluding diaryl/α,β-unsaturated/α-hetero) is 1. The maximum absolute atomic E-state index is 12.6. The number of nitrogens with zero attached hydrogens (tertiary/aromatic N) is 4. The van der Waals surface area contributed by atoms with Gasteiger partial charge in [-0.25, -0.2) is 14.3 Å².